The van der Waals surface area contributed by atoms with Crippen molar-refractivity contribution in [1.29, 1.82) is 0 Å². The van der Waals surface area contributed by atoms with Gasteiger partial charge in [0.05, 0.1) is 25.3 Å². The Morgan fingerprint density at radius 2 is 1.84 bits per heavy atom. The first-order valence-electron chi connectivity index (χ1n) is 10.1. The van der Waals surface area contributed by atoms with Crippen molar-refractivity contribution in [2.24, 2.45) is 0 Å². The standard InChI is InChI=1S/C23H21FN4O2S/c24-17-3-1-16(2-4-17)21-14-28-20(15-31-23(28)26-21)13-22(29)25-18-5-7-19(8-6-18)27-9-11-30-12-10-27/h1-8,14-15H,9-13H2,(H,25,29). The Hall–Kier alpha value is -3.23. The summed E-state index contributed by atoms with van der Waals surface area (Å²) < 4.78 is 20.5. The maximum absolute atomic E-state index is 13.2. The lowest BCUT2D eigenvalue weighted by atomic mass is 10.2. The van der Waals surface area contributed by atoms with Gasteiger partial charge in [-0.25, -0.2) is 9.37 Å². The van der Waals surface area contributed by atoms with E-state index in [1.165, 1.54) is 23.5 Å². The molecule has 1 fully saturated rings. The first kappa shape index (κ1) is 19.7. The summed E-state index contributed by atoms with van der Waals surface area (Å²) in [5, 5.41) is 4.91. The van der Waals surface area contributed by atoms with Crippen LogP contribution >= 0.6 is 11.3 Å². The average molecular weight is 437 g/mol. The fourth-order valence-corrected chi connectivity index (χ4v) is 4.54. The van der Waals surface area contributed by atoms with Gasteiger partial charge in [0.2, 0.25) is 5.91 Å². The molecular weight excluding hydrogens is 415 g/mol. The topological polar surface area (TPSA) is 58.9 Å². The Morgan fingerprint density at radius 1 is 1.10 bits per heavy atom. The van der Waals surface area contributed by atoms with Crippen LogP contribution in [0.5, 0.6) is 0 Å². The van der Waals surface area contributed by atoms with E-state index < -0.39 is 0 Å². The number of ether oxygens (including phenoxy) is 1. The molecule has 6 nitrogen and oxygen atoms in total. The molecule has 1 saturated heterocycles. The number of hydrogen-bond acceptors (Lipinski definition) is 5. The van der Waals surface area contributed by atoms with E-state index in [-0.39, 0.29) is 18.1 Å². The lowest BCUT2D eigenvalue weighted by Crippen LogP contribution is -2.36. The highest BCUT2D eigenvalue weighted by Gasteiger charge is 2.14. The Morgan fingerprint density at radius 3 is 2.58 bits per heavy atom. The third kappa shape index (κ3) is 4.30. The molecule has 5 rings (SSSR count). The van der Waals surface area contributed by atoms with E-state index in [1.807, 2.05) is 40.2 Å². The summed E-state index contributed by atoms with van der Waals surface area (Å²) in [5.41, 5.74) is 4.36. The zero-order valence-corrected chi connectivity index (χ0v) is 17.6. The number of carbonyl (C=O) groups is 1. The van der Waals surface area contributed by atoms with E-state index in [2.05, 4.69) is 15.2 Å². The number of hydrogen-bond donors (Lipinski definition) is 1. The number of imidazole rings is 1. The first-order chi connectivity index (χ1) is 15.2. The minimum atomic E-state index is -0.278. The number of amides is 1. The lowest BCUT2D eigenvalue weighted by molar-refractivity contribution is -0.115. The second-order valence-corrected chi connectivity index (χ2v) is 8.22. The number of morpholine rings is 1. The van der Waals surface area contributed by atoms with Crippen LogP contribution in [0.4, 0.5) is 15.8 Å². The highest BCUT2D eigenvalue weighted by atomic mass is 32.1. The van der Waals surface area contributed by atoms with Crippen LogP contribution in [0.25, 0.3) is 16.2 Å². The van der Waals surface area contributed by atoms with Gasteiger partial charge < -0.3 is 15.0 Å². The van der Waals surface area contributed by atoms with Crippen molar-refractivity contribution >= 4 is 33.6 Å². The second-order valence-electron chi connectivity index (χ2n) is 7.38. The van der Waals surface area contributed by atoms with Crippen LogP contribution in [-0.2, 0) is 16.0 Å². The quantitative estimate of drug-likeness (QED) is 0.509. The fourth-order valence-electron chi connectivity index (χ4n) is 3.66. The molecule has 0 spiro atoms. The van der Waals surface area contributed by atoms with Crippen LogP contribution in [-0.4, -0.2) is 41.6 Å². The van der Waals surface area contributed by atoms with Gasteiger partial charge in [-0.05, 0) is 48.5 Å². The summed E-state index contributed by atoms with van der Waals surface area (Å²) in [6, 6.07) is 14.1. The number of nitrogens with zero attached hydrogens (tertiary/aromatic N) is 3. The van der Waals surface area contributed by atoms with Crippen LogP contribution < -0.4 is 10.2 Å². The molecule has 4 aromatic rings. The minimum Gasteiger partial charge on any atom is -0.378 e. The van der Waals surface area contributed by atoms with E-state index in [4.69, 9.17) is 4.74 Å². The van der Waals surface area contributed by atoms with Crippen molar-refractivity contribution in [3.63, 3.8) is 0 Å². The van der Waals surface area contributed by atoms with Gasteiger partial charge >= 0.3 is 0 Å². The van der Waals surface area contributed by atoms with Crippen molar-refractivity contribution < 1.29 is 13.9 Å². The Labute approximate surface area is 182 Å². The van der Waals surface area contributed by atoms with Gasteiger partial charge in [0.15, 0.2) is 4.96 Å². The number of anilines is 2. The predicted octanol–water partition coefficient (Wildman–Crippen LogP) is 4.22. The zero-order valence-electron chi connectivity index (χ0n) is 16.8. The van der Waals surface area contributed by atoms with Gasteiger partial charge in [-0.3, -0.25) is 9.20 Å². The maximum Gasteiger partial charge on any atom is 0.230 e. The summed E-state index contributed by atoms with van der Waals surface area (Å²) in [5.74, 6) is -0.365. The van der Waals surface area contributed by atoms with Gasteiger partial charge in [-0.2, -0.15) is 0 Å². The average Bonchev–Trinajstić information content (AvgIpc) is 3.37. The van der Waals surface area contributed by atoms with E-state index in [0.29, 0.717) is 0 Å². The molecule has 3 heterocycles. The normalized spacial score (nSPS) is 14.2. The second kappa shape index (κ2) is 8.49. The molecule has 0 radical (unpaired) electrons. The SMILES string of the molecule is O=C(Cc1csc2nc(-c3ccc(F)cc3)cn12)Nc1ccc(N2CCOCC2)cc1. The van der Waals surface area contributed by atoms with Crippen LogP contribution in [0.3, 0.4) is 0 Å². The van der Waals surface area contributed by atoms with E-state index in [1.54, 1.807) is 12.1 Å². The molecule has 0 saturated carbocycles. The van der Waals surface area contributed by atoms with Gasteiger partial charge in [0.25, 0.3) is 0 Å². The highest BCUT2D eigenvalue weighted by Crippen LogP contribution is 2.25. The van der Waals surface area contributed by atoms with E-state index >= 15 is 0 Å². The first-order valence-corrected chi connectivity index (χ1v) is 11.0. The molecule has 0 unspecified atom stereocenters. The molecule has 1 N–H and O–H groups in total. The molecule has 1 amide bonds. The van der Waals surface area contributed by atoms with Gasteiger partial charge in [-0.15, -0.1) is 11.3 Å². The zero-order chi connectivity index (χ0) is 21.2. The number of halogens is 1. The largest absolute Gasteiger partial charge is 0.378 e. The number of nitrogens with one attached hydrogen (secondary N) is 1. The minimum absolute atomic E-state index is 0.0872. The van der Waals surface area contributed by atoms with Gasteiger partial charge in [0.1, 0.15) is 5.82 Å². The van der Waals surface area contributed by atoms with Gasteiger partial charge in [-0.1, -0.05) is 0 Å². The van der Waals surface area contributed by atoms with Crippen molar-refractivity contribution in [2.45, 2.75) is 6.42 Å². The van der Waals surface area contributed by atoms with Crippen LogP contribution in [0.15, 0.2) is 60.1 Å². The Balaban J connectivity index is 1.26. The summed E-state index contributed by atoms with van der Waals surface area (Å²) >= 11 is 1.48. The maximum atomic E-state index is 13.2. The van der Waals surface area contributed by atoms with Crippen molar-refractivity contribution in [1.82, 2.24) is 9.38 Å². The smallest absolute Gasteiger partial charge is 0.230 e. The molecule has 0 aliphatic carbocycles. The summed E-state index contributed by atoms with van der Waals surface area (Å²) in [6.07, 6.45) is 2.13. The van der Waals surface area contributed by atoms with Crippen LogP contribution in [0.1, 0.15) is 5.69 Å². The number of carbonyl (C=O) groups excluding carboxylic acids is 1. The van der Waals surface area contributed by atoms with Crippen LogP contribution in [0, 0.1) is 5.82 Å². The number of aromatic nitrogens is 2. The summed E-state index contributed by atoms with van der Waals surface area (Å²) in [6.45, 7) is 3.24. The number of rotatable bonds is 5. The Bertz CT molecular complexity index is 1190. The lowest BCUT2D eigenvalue weighted by Gasteiger charge is -2.28. The highest BCUT2D eigenvalue weighted by molar-refractivity contribution is 7.15. The monoisotopic (exact) mass is 436 g/mol. The molecule has 1 aliphatic rings. The molecular formula is C23H21FN4O2S. The Kier molecular flexibility index (Phi) is 5.40. The fraction of sp³-hybridized carbons (Fsp3) is 0.217. The predicted molar refractivity (Wildman–Crippen MR) is 120 cm³/mol. The van der Waals surface area contributed by atoms with Gasteiger partial charge in [0, 0.05) is 47.3 Å². The molecule has 0 bridgehead atoms. The van der Waals surface area contributed by atoms with Crippen LogP contribution in [0.2, 0.25) is 0 Å². The number of benzene rings is 2. The van der Waals surface area contributed by atoms with Crippen molar-refractivity contribution in [3.05, 3.63) is 71.6 Å². The third-order valence-electron chi connectivity index (χ3n) is 5.29. The molecule has 31 heavy (non-hydrogen) atoms. The molecule has 1 aliphatic heterocycles. The number of thiazole rings is 1. The van der Waals surface area contributed by atoms with E-state index in [0.717, 1.165) is 59.6 Å². The molecule has 0 atom stereocenters. The van der Waals surface area contributed by atoms with Crippen molar-refractivity contribution in [3.8, 4) is 11.3 Å². The molecule has 8 heteroatoms. The summed E-state index contributed by atoms with van der Waals surface area (Å²) in [4.78, 5) is 20.3. The third-order valence-corrected chi connectivity index (χ3v) is 6.18. The molecule has 2 aromatic heterocycles. The molecule has 158 valence electrons. The number of fused-ring (bicyclic) bond motifs is 1. The molecule has 2 aromatic carbocycles. The summed E-state index contributed by atoms with van der Waals surface area (Å²) in [7, 11) is 0. The van der Waals surface area contributed by atoms with E-state index in [9.17, 15) is 9.18 Å². The van der Waals surface area contributed by atoms with Crippen molar-refractivity contribution in [2.75, 3.05) is 36.5 Å².